The van der Waals surface area contributed by atoms with Crippen LogP contribution in [-0.2, 0) is 29.1 Å². The van der Waals surface area contributed by atoms with Crippen LogP contribution in [0.1, 0.15) is 81.9 Å². The molecule has 15 nitrogen and oxygen atoms in total. The predicted molar refractivity (Wildman–Crippen MR) is 207 cm³/mol. The van der Waals surface area contributed by atoms with Crippen molar-refractivity contribution >= 4 is 62.7 Å². The SMILES string of the molecule is CC(C)(C)OC(=O)N[C@H]1CCCCC/C=C\[C@@H]2C[C@@]2(C(=O)NS(=O)(=O)C2CC2)NC(=O)[C@@H]2[C@H]3CN(C(=O)c4nc(-c5ccc(O)c(Cl)c5)cs4)C[C@H]3CN2C1=O. The number of benzene rings is 1. The van der Waals surface area contributed by atoms with E-state index in [-0.39, 0.29) is 53.7 Å². The van der Waals surface area contributed by atoms with Crippen molar-refractivity contribution < 1.29 is 42.2 Å². The van der Waals surface area contributed by atoms with Crippen LogP contribution in [0.15, 0.2) is 35.7 Å². The molecule has 5 aliphatic rings. The Kier molecular flexibility index (Phi) is 10.9. The number of allylic oxidation sites excluding steroid dienone is 1. The number of nitrogens with zero attached hydrogens (tertiary/aromatic N) is 3. The number of aromatic hydroxyl groups is 1. The molecule has 5 amide bonds. The zero-order valence-electron chi connectivity index (χ0n) is 31.5. The van der Waals surface area contributed by atoms with Crippen molar-refractivity contribution in [1.29, 1.82) is 0 Å². The minimum atomic E-state index is -3.92. The number of fused-ring (bicyclic) bond motifs is 4. The summed E-state index contributed by atoms with van der Waals surface area (Å²) in [6.07, 6.45) is 7.22. The highest BCUT2D eigenvalue weighted by atomic mass is 35.5. The van der Waals surface area contributed by atoms with Gasteiger partial charge in [-0.15, -0.1) is 11.3 Å². The maximum atomic E-state index is 14.6. The van der Waals surface area contributed by atoms with E-state index in [9.17, 15) is 37.5 Å². The highest BCUT2D eigenvalue weighted by Gasteiger charge is 2.63. The van der Waals surface area contributed by atoms with Crippen molar-refractivity contribution in [3.05, 3.63) is 45.8 Å². The molecule has 0 radical (unpaired) electrons. The third-order valence-electron chi connectivity index (χ3n) is 11.1. The van der Waals surface area contributed by atoms with Crippen LogP contribution in [0.2, 0.25) is 5.02 Å². The number of aromatic nitrogens is 1. The van der Waals surface area contributed by atoms with E-state index in [0.717, 1.165) is 24.2 Å². The van der Waals surface area contributed by atoms with E-state index in [0.29, 0.717) is 43.4 Å². The van der Waals surface area contributed by atoms with Crippen molar-refractivity contribution in [3.8, 4) is 17.0 Å². The number of halogens is 1. The van der Waals surface area contributed by atoms with Crippen LogP contribution >= 0.6 is 22.9 Å². The van der Waals surface area contributed by atoms with Gasteiger partial charge in [-0.05, 0) is 77.5 Å². The lowest BCUT2D eigenvalue weighted by atomic mass is 9.93. The van der Waals surface area contributed by atoms with E-state index in [2.05, 4.69) is 20.3 Å². The van der Waals surface area contributed by atoms with Gasteiger partial charge in [0.15, 0.2) is 5.01 Å². The van der Waals surface area contributed by atoms with E-state index in [1.54, 1.807) is 43.2 Å². The number of hydrogen-bond donors (Lipinski definition) is 4. The molecule has 4 heterocycles. The molecule has 6 atom stereocenters. The number of hydrogen-bond acceptors (Lipinski definition) is 11. The zero-order chi connectivity index (χ0) is 40.2. The molecular weight excluding hydrogens is 784 g/mol. The fourth-order valence-corrected chi connectivity index (χ4v) is 10.3. The molecule has 4 fully saturated rings. The number of alkyl carbamates (subject to hydrolysis) is 1. The largest absolute Gasteiger partial charge is 0.506 e. The number of carbonyl (C=O) groups is 5. The lowest BCUT2D eigenvalue weighted by molar-refractivity contribution is -0.142. The Morgan fingerprint density at radius 2 is 1.86 bits per heavy atom. The topological polar surface area (TPSA) is 204 Å². The Bertz CT molecular complexity index is 2060. The van der Waals surface area contributed by atoms with Crippen LogP contribution in [0, 0.1) is 17.8 Å². The fraction of sp³-hybridized carbons (Fsp3) is 0.579. The number of phenolic OH excluding ortho intramolecular Hbond substituents is 1. The maximum Gasteiger partial charge on any atom is 0.408 e. The van der Waals surface area contributed by atoms with Crippen LogP contribution in [-0.4, -0.2) is 106 Å². The quantitative estimate of drug-likeness (QED) is 0.309. The molecule has 3 aliphatic heterocycles. The number of sulfonamides is 1. The normalized spacial score (nSPS) is 28.8. The van der Waals surface area contributed by atoms with E-state index < -0.39 is 74.1 Å². The van der Waals surface area contributed by atoms with Crippen LogP contribution in [0.3, 0.4) is 0 Å². The zero-order valence-corrected chi connectivity index (χ0v) is 33.8. The maximum absolute atomic E-state index is 14.6. The third-order valence-corrected chi connectivity index (χ3v) is 14.1. The molecule has 56 heavy (non-hydrogen) atoms. The van der Waals surface area contributed by atoms with Gasteiger partial charge in [0.2, 0.25) is 21.8 Å². The lowest BCUT2D eigenvalue weighted by Crippen LogP contribution is -2.60. The molecule has 1 aromatic heterocycles. The van der Waals surface area contributed by atoms with Gasteiger partial charge in [-0.2, -0.15) is 0 Å². The summed E-state index contributed by atoms with van der Waals surface area (Å²) in [6, 6.07) is 2.50. The molecule has 18 heteroatoms. The average molecular weight is 831 g/mol. The summed E-state index contributed by atoms with van der Waals surface area (Å²) in [5.74, 6) is -3.69. The molecule has 2 saturated carbocycles. The number of ether oxygens (including phenoxy) is 1. The van der Waals surface area contributed by atoms with Gasteiger partial charge >= 0.3 is 6.09 Å². The summed E-state index contributed by atoms with van der Waals surface area (Å²) in [7, 11) is -3.92. The second kappa shape index (κ2) is 15.3. The van der Waals surface area contributed by atoms with Gasteiger partial charge in [0.25, 0.3) is 11.8 Å². The van der Waals surface area contributed by atoms with Gasteiger partial charge in [0, 0.05) is 48.3 Å². The fourth-order valence-electron chi connectivity index (χ4n) is 7.99. The number of phenols is 1. The Labute approximate surface area is 334 Å². The highest BCUT2D eigenvalue weighted by Crippen LogP contribution is 2.47. The first-order valence-corrected chi connectivity index (χ1v) is 21.8. The summed E-state index contributed by atoms with van der Waals surface area (Å²) >= 11 is 7.25. The smallest absolute Gasteiger partial charge is 0.408 e. The van der Waals surface area contributed by atoms with E-state index >= 15 is 0 Å². The minimum Gasteiger partial charge on any atom is -0.506 e. The van der Waals surface area contributed by atoms with Crippen molar-refractivity contribution in [3.63, 3.8) is 0 Å². The van der Waals surface area contributed by atoms with Crippen LogP contribution < -0.4 is 15.4 Å². The summed E-state index contributed by atoms with van der Waals surface area (Å²) in [5.41, 5.74) is -1.24. The van der Waals surface area contributed by atoms with E-state index in [1.807, 2.05) is 12.2 Å². The van der Waals surface area contributed by atoms with Crippen molar-refractivity contribution in [1.82, 2.24) is 30.1 Å². The Morgan fingerprint density at radius 3 is 2.57 bits per heavy atom. The Balaban J connectivity index is 1.17. The molecule has 0 unspecified atom stereocenters. The summed E-state index contributed by atoms with van der Waals surface area (Å²) in [6.45, 7) is 5.58. The van der Waals surface area contributed by atoms with Crippen molar-refractivity contribution in [2.75, 3.05) is 19.6 Å². The number of rotatable bonds is 6. The number of amides is 5. The number of likely N-dealkylation sites (tertiary alicyclic amines) is 1. The molecule has 0 spiro atoms. The molecule has 302 valence electrons. The number of nitrogens with one attached hydrogen (secondary N) is 3. The average Bonchev–Trinajstić information content (AvgIpc) is 3.94. The molecule has 2 aliphatic carbocycles. The first-order valence-electron chi connectivity index (χ1n) is 19.0. The summed E-state index contributed by atoms with van der Waals surface area (Å²) < 4.78 is 33.5. The lowest BCUT2D eigenvalue weighted by Gasteiger charge is -2.33. The van der Waals surface area contributed by atoms with Crippen LogP contribution in [0.25, 0.3) is 11.3 Å². The summed E-state index contributed by atoms with van der Waals surface area (Å²) in [5, 5.41) is 16.9. The second-order valence-electron chi connectivity index (χ2n) is 16.5. The second-order valence-corrected chi connectivity index (χ2v) is 19.7. The standard InChI is InChI=1S/C38H47ClN6O9S2/c1-37(2,3)54-36(51)41-27-10-8-6-4-5-7-9-23-16-38(23,35(50)43-56(52,53)24-12-13-24)42-31(47)30-25-19-44(17-22(25)18-45(30)33(27)48)34(49)32-40-28(20-55-32)21-11-14-29(46)26(39)15-21/h7,9,11,14-15,20,22-25,27,30,46H,4-6,8,10,12-13,16-19H2,1-3H3,(H,41,51)(H,42,47)(H,43,50)/b9-7-/t22-,23+,25-,27-,30-,38+/m0/s1. The Morgan fingerprint density at radius 1 is 1.09 bits per heavy atom. The summed E-state index contributed by atoms with van der Waals surface area (Å²) in [4.78, 5) is 77.5. The van der Waals surface area contributed by atoms with E-state index in [1.165, 1.54) is 11.0 Å². The van der Waals surface area contributed by atoms with Crippen molar-refractivity contribution in [2.24, 2.45) is 17.8 Å². The van der Waals surface area contributed by atoms with Gasteiger partial charge in [0.1, 0.15) is 29.0 Å². The monoisotopic (exact) mass is 830 g/mol. The minimum absolute atomic E-state index is 0.0779. The van der Waals surface area contributed by atoms with Gasteiger partial charge in [-0.1, -0.05) is 36.6 Å². The van der Waals surface area contributed by atoms with Gasteiger partial charge in [0.05, 0.1) is 16.0 Å². The predicted octanol–water partition coefficient (Wildman–Crippen LogP) is 3.97. The first kappa shape index (κ1) is 40.0. The molecule has 4 N–H and O–H groups in total. The van der Waals surface area contributed by atoms with Gasteiger partial charge in [-0.3, -0.25) is 23.9 Å². The van der Waals surface area contributed by atoms with Crippen LogP contribution in [0.4, 0.5) is 4.79 Å². The van der Waals surface area contributed by atoms with Gasteiger partial charge < -0.3 is 30.3 Å². The third kappa shape index (κ3) is 8.40. The van der Waals surface area contributed by atoms with E-state index in [4.69, 9.17) is 16.3 Å². The number of thiazole rings is 1. The molecule has 2 aromatic rings. The number of carbonyl (C=O) groups excluding carboxylic acids is 5. The molecule has 7 rings (SSSR count). The molecular formula is C38H47ClN6O9S2. The van der Waals surface area contributed by atoms with Crippen molar-refractivity contribution in [2.45, 2.75) is 101 Å². The Hall–Kier alpha value is -4.22. The van der Waals surface area contributed by atoms with Gasteiger partial charge in [-0.25, -0.2) is 18.2 Å². The molecule has 2 saturated heterocycles. The molecule has 0 bridgehead atoms. The highest BCUT2D eigenvalue weighted by molar-refractivity contribution is 7.91. The first-order chi connectivity index (χ1) is 26.5. The van der Waals surface area contributed by atoms with Crippen LogP contribution in [0.5, 0.6) is 5.75 Å². The molecule has 1 aromatic carbocycles.